The summed E-state index contributed by atoms with van der Waals surface area (Å²) in [6.45, 7) is 5.66. The molecular weight excluding hydrogens is 324 g/mol. The molecule has 0 saturated carbocycles. The molecule has 2 aromatic heterocycles. The van der Waals surface area contributed by atoms with Gasteiger partial charge in [-0.3, -0.25) is 0 Å². The van der Waals surface area contributed by atoms with Crippen LogP contribution in [0.4, 0.5) is 0 Å². The van der Waals surface area contributed by atoms with Crippen molar-refractivity contribution in [3.8, 4) is 17.3 Å². The van der Waals surface area contributed by atoms with Gasteiger partial charge >= 0.3 is 0 Å². The summed E-state index contributed by atoms with van der Waals surface area (Å²) in [5, 5.41) is 0. The number of fused-ring (bicyclic) bond motifs is 1. The van der Waals surface area contributed by atoms with Crippen molar-refractivity contribution < 1.29 is 9.15 Å². The molecule has 132 valence electrons. The number of nitrogens with zero attached hydrogens (tertiary/aromatic N) is 2. The fraction of sp³-hybridized carbons (Fsp3) is 0.227. The molecule has 0 aliphatic carbocycles. The summed E-state index contributed by atoms with van der Waals surface area (Å²) in [5.41, 5.74) is 4.52. The minimum absolute atomic E-state index is 0.661. The van der Waals surface area contributed by atoms with E-state index >= 15 is 0 Å². The lowest BCUT2D eigenvalue weighted by molar-refractivity contribution is 0.300. The Hall–Kier alpha value is -3.01. The second kappa shape index (κ2) is 7.08. The van der Waals surface area contributed by atoms with Crippen LogP contribution in [-0.4, -0.2) is 16.2 Å². The van der Waals surface area contributed by atoms with E-state index in [0.29, 0.717) is 6.61 Å². The largest absolute Gasteiger partial charge is 0.493 e. The number of benzene rings is 2. The number of aromatic nitrogens is 2. The van der Waals surface area contributed by atoms with Gasteiger partial charge in [0.25, 0.3) is 0 Å². The Kier molecular flexibility index (Phi) is 4.48. The molecule has 0 aliphatic heterocycles. The molecule has 0 N–H and O–H groups in total. The lowest BCUT2D eigenvalue weighted by Crippen LogP contribution is -2.06. The van der Waals surface area contributed by atoms with Crippen molar-refractivity contribution in [1.29, 1.82) is 0 Å². The van der Waals surface area contributed by atoms with Gasteiger partial charge in [-0.25, -0.2) is 4.98 Å². The van der Waals surface area contributed by atoms with E-state index in [1.54, 1.807) is 6.26 Å². The van der Waals surface area contributed by atoms with E-state index < -0.39 is 0 Å². The summed E-state index contributed by atoms with van der Waals surface area (Å²) in [7, 11) is 0. The lowest BCUT2D eigenvalue weighted by atomic mass is 10.1. The van der Waals surface area contributed by atoms with E-state index in [1.807, 2.05) is 36.4 Å². The summed E-state index contributed by atoms with van der Waals surface area (Å²) in [5.74, 6) is 2.61. The third-order valence-corrected chi connectivity index (χ3v) is 4.51. The Morgan fingerprint density at radius 2 is 1.92 bits per heavy atom. The van der Waals surface area contributed by atoms with Crippen LogP contribution in [0, 0.1) is 13.8 Å². The van der Waals surface area contributed by atoms with Gasteiger partial charge < -0.3 is 13.7 Å². The number of hydrogen-bond donors (Lipinski definition) is 0. The summed E-state index contributed by atoms with van der Waals surface area (Å²) >= 11 is 0. The molecule has 0 saturated heterocycles. The number of imidazole rings is 1. The maximum atomic E-state index is 5.98. The third-order valence-electron chi connectivity index (χ3n) is 4.51. The second-order valence-electron chi connectivity index (χ2n) is 6.52. The zero-order chi connectivity index (χ0) is 17.9. The third kappa shape index (κ3) is 3.23. The van der Waals surface area contributed by atoms with Crippen LogP contribution in [0.3, 0.4) is 0 Å². The fourth-order valence-corrected chi connectivity index (χ4v) is 3.26. The maximum Gasteiger partial charge on any atom is 0.177 e. The molecule has 2 heterocycles. The van der Waals surface area contributed by atoms with Crippen molar-refractivity contribution in [2.45, 2.75) is 26.8 Å². The number of rotatable bonds is 6. The molecule has 4 rings (SSSR count). The highest BCUT2D eigenvalue weighted by molar-refractivity contribution is 5.79. The van der Waals surface area contributed by atoms with E-state index in [0.717, 1.165) is 41.3 Å². The summed E-state index contributed by atoms with van der Waals surface area (Å²) in [6, 6.07) is 18.3. The smallest absolute Gasteiger partial charge is 0.177 e. The summed E-state index contributed by atoms with van der Waals surface area (Å²) in [4.78, 5) is 4.74. The first-order chi connectivity index (χ1) is 12.7. The van der Waals surface area contributed by atoms with Crippen LogP contribution in [0.25, 0.3) is 22.6 Å². The highest BCUT2D eigenvalue weighted by Gasteiger charge is 2.14. The molecule has 4 nitrogen and oxygen atoms in total. The average Bonchev–Trinajstić information content (AvgIpc) is 3.28. The topological polar surface area (TPSA) is 40.2 Å². The summed E-state index contributed by atoms with van der Waals surface area (Å²) in [6.07, 6.45) is 2.57. The molecule has 4 heteroatoms. The van der Waals surface area contributed by atoms with Gasteiger partial charge in [-0.1, -0.05) is 29.8 Å². The molecule has 2 aromatic carbocycles. The molecule has 26 heavy (non-hydrogen) atoms. The fourth-order valence-electron chi connectivity index (χ4n) is 3.26. The van der Waals surface area contributed by atoms with Crippen molar-refractivity contribution in [3.63, 3.8) is 0 Å². The van der Waals surface area contributed by atoms with Crippen LogP contribution in [-0.2, 0) is 6.54 Å². The zero-order valence-corrected chi connectivity index (χ0v) is 15.1. The Bertz CT molecular complexity index is 1020. The molecule has 0 radical (unpaired) electrons. The van der Waals surface area contributed by atoms with Gasteiger partial charge in [0.1, 0.15) is 5.75 Å². The van der Waals surface area contributed by atoms with E-state index in [4.69, 9.17) is 14.1 Å². The van der Waals surface area contributed by atoms with Gasteiger partial charge in [0, 0.05) is 6.54 Å². The van der Waals surface area contributed by atoms with Crippen LogP contribution in [0.15, 0.2) is 65.3 Å². The van der Waals surface area contributed by atoms with Crippen molar-refractivity contribution >= 4 is 11.0 Å². The molecule has 4 aromatic rings. The van der Waals surface area contributed by atoms with Crippen LogP contribution < -0.4 is 4.74 Å². The molecule has 0 atom stereocenters. The predicted molar refractivity (Wildman–Crippen MR) is 103 cm³/mol. The molecule has 0 spiro atoms. The van der Waals surface area contributed by atoms with Crippen molar-refractivity contribution in [3.05, 3.63) is 72.0 Å². The monoisotopic (exact) mass is 346 g/mol. The van der Waals surface area contributed by atoms with Crippen molar-refractivity contribution in [2.75, 3.05) is 6.61 Å². The van der Waals surface area contributed by atoms with Crippen molar-refractivity contribution in [2.24, 2.45) is 0 Å². The minimum atomic E-state index is 0.661. The Morgan fingerprint density at radius 1 is 1.04 bits per heavy atom. The first-order valence-corrected chi connectivity index (χ1v) is 8.91. The van der Waals surface area contributed by atoms with Crippen molar-refractivity contribution in [1.82, 2.24) is 9.55 Å². The van der Waals surface area contributed by atoms with Crippen LogP contribution in [0.2, 0.25) is 0 Å². The number of hydrogen-bond acceptors (Lipinski definition) is 3. The highest BCUT2D eigenvalue weighted by atomic mass is 16.5. The molecule has 0 aliphatic rings. The van der Waals surface area contributed by atoms with Gasteiger partial charge in [0.2, 0.25) is 0 Å². The lowest BCUT2D eigenvalue weighted by Gasteiger charge is -2.11. The van der Waals surface area contributed by atoms with Gasteiger partial charge in [-0.15, -0.1) is 0 Å². The molecule has 0 amide bonds. The standard InChI is InChI=1S/C22H22N2O2/c1-16-10-11-20(17(2)15-16)25-14-6-12-24-19-8-4-3-7-18(19)23-22(24)21-9-5-13-26-21/h3-5,7-11,13,15H,6,12,14H2,1-2H3. The first kappa shape index (κ1) is 16.5. The number of furan rings is 1. The number of ether oxygens (including phenoxy) is 1. The maximum absolute atomic E-state index is 5.98. The Morgan fingerprint density at radius 3 is 2.73 bits per heavy atom. The Labute approximate surface area is 153 Å². The summed E-state index contributed by atoms with van der Waals surface area (Å²) < 4.78 is 13.8. The van der Waals surface area contributed by atoms with Gasteiger partial charge in [0.15, 0.2) is 11.6 Å². The van der Waals surface area contributed by atoms with Crippen LogP contribution in [0.5, 0.6) is 5.75 Å². The minimum Gasteiger partial charge on any atom is -0.493 e. The zero-order valence-electron chi connectivity index (χ0n) is 15.1. The quantitative estimate of drug-likeness (QED) is 0.440. The van der Waals surface area contributed by atoms with Crippen LogP contribution >= 0.6 is 0 Å². The molecule has 0 bridgehead atoms. The van der Waals surface area contributed by atoms with E-state index in [9.17, 15) is 0 Å². The van der Waals surface area contributed by atoms with E-state index in [2.05, 4.69) is 36.6 Å². The second-order valence-corrected chi connectivity index (χ2v) is 6.52. The Balaban J connectivity index is 1.51. The first-order valence-electron chi connectivity index (χ1n) is 8.91. The van der Waals surface area contributed by atoms with E-state index in [1.165, 1.54) is 11.1 Å². The highest BCUT2D eigenvalue weighted by Crippen LogP contribution is 2.25. The number of aryl methyl sites for hydroxylation is 3. The van der Waals surface area contributed by atoms with E-state index in [-0.39, 0.29) is 0 Å². The van der Waals surface area contributed by atoms with Crippen LogP contribution in [0.1, 0.15) is 17.5 Å². The average molecular weight is 346 g/mol. The predicted octanol–water partition coefficient (Wildman–Crippen LogP) is 5.38. The normalized spacial score (nSPS) is 11.2. The van der Waals surface area contributed by atoms with Gasteiger partial charge in [0.05, 0.1) is 23.9 Å². The van der Waals surface area contributed by atoms with Gasteiger partial charge in [-0.2, -0.15) is 0 Å². The molecular formula is C22H22N2O2. The van der Waals surface area contributed by atoms with Gasteiger partial charge in [-0.05, 0) is 56.2 Å². The number of para-hydroxylation sites is 2. The SMILES string of the molecule is Cc1ccc(OCCCn2c(-c3ccco3)nc3ccccc32)c(C)c1. The molecule has 0 fully saturated rings. The molecule has 0 unspecified atom stereocenters.